The Morgan fingerprint density at radius 3 is 2.27 bits per heavy atom. The summed E-state index contributed by atoms with van der Waals surface area (Å²) in [5.74, 6) is 1.81. The number of aromatic nitrogens is 4. The highest BCUT2D eigenvalue weighted by atomic mass is 35.5. The van der Waals surface area contributed by atoms with Gasteiger partial charge in [0.05, 0.1) is 13.2 Å². The van der Waals surface area contributed by atoms with E-state index in [4.69, 9.17) is 37.4 Å². The van der Waals surface area contributed by atoms with Crippen LogP contribution in [0.25, 0.3) is 17.0 Å². The lowest BCUT2D eigenvalue weighted by molar-refractivity contribution is -0.169. The molecule has 0 aliphatic carbocycles. The number of benzene rings is 1. The molecule has 2 N–H and O–H groups in total. The molecule has 1 fully saturated rings. The monoisotopic (exact) mass is 650 g/mol. The molecule has 3 unspecified atom stereocenters. The normalized spacial score (nSPS) is 18.0. The summed E-state index contributed by atoms with van der Waals surface area (Å²) in [6.45, 7) is 22.4. The van der Waals surface area contributed by atoms with Crippen LogP contribution in [-0.4, -0.2) is 70.2 Å². The van der Waals surface area contributed by atoms with Gasteiger partial charge in [-0.25, -0.2) is 4.52 Å². The van der Waals surface area contributed by atoms with Gasteiger partial charge in [0.15, 0.2) is 11.5 Å². The fourth-order valence-corrected chi connectivity index (χ4v) is 6.64. The van der Waals surface area contributed by atoms with Crippen molar-refractivity contribution in [2.45, 2.75) is 86.8 Å². The van der Waals surface area contributed by atoms with Gasteiger partial charge in [-0.3, -0.25) is 15.3 Å². The van der Waals surface area contributed by atoms with E-state index < -0.39 is 5.72 Å². The van der Waals surface area contributed by atoms with Gasteiger partial charge in [-0.1, -0.05) is 78.6 Å². The Labute approximate surface area is 273 Å². The minimum absolute atomic E-state index is 0.131. The van der Waals surface area contributed by atoms with Crippen LogP contribution in [0, 0.1) is 22.7 Å². The van der Waals surface area contributed by atoms with E-state index in [0.29, 0.717) is 40.0 Å². The van der Waals surface area contributed by atoms with Crippen LogP contribution in [0.4, 0.5) is 0 Å². The molecule has 0 spiro atoms. The molecule has 0 saturated carbocycles. The number of halogens is 2. The molecule has 1 saturated heterocycles. The van der Waals surface area contributed by atoms with Crippen LogP contribution in [0.5, 0.6) is 5.88 Å². The van der Waals surface area contributed by atoms with Crippen molar-refractivity contribution in [3.05, 3.63) is 34.3 Å². The molecular formula is C33H52Cl2N6O3. The number of morpholine rings is 1. The van der Waals surface area contributed by atoms with Crippen LogP contribution in [-0.2, 0) is 9.47 Å². The minimum atomic E-state index is -0.604. The third kappa shape index (κ3) is 9.56. The fourth-order valence-electron chi connectivity index (χ4n) is 6.30. The number of nitrogens with one attached hydrogen (secondary N) is 2. The van der Waals surface area contributed by atoms with Crippen molar-refractivity contribution in [2.24, 2.45) is 22.7 Å². The van der Waals surface area contributed by atoms with Gasteiger partial charge in [-0.15, -0.1) is 10.2 Å². The predicted octanol–water partition coefficient (Wildman–Crippen LogP) is 7.88. The number of ether oxygens (including phenoxy) is 3. The van der Waals surface area contributed by atoms with E-state index in [1.807, 2.05) is 24.3 Å². The zero-order valence-electron chi connectivity index (χ0n) is 27.8. The van der Waals surface area contributed by atoms with E-state index in [9.17, 15) is 0 Å². The lowest BCUT2D eigenvalue weighted by atomic mass is 9.77. The van der Waals surface area contributed by atoms with Crippen molar-refractivity contribution in [1.82, 2.24) is 30.0 Å². The van der Waals surface area contributed by atoms with Crippen LogP contribution < -0.4 is 10.1 Å². The molecule has 0 amide bonds. The Bertz CT molecular complexity index is 1320. The molecule has 0 bridgehead atoms. The lowest BCUT2D eigenvalue weighted by Crippen LogP contribution is -2.56. The molecule has 3 aromatic rings. The quantitative estimate of drug-likeness (QED) is 0.172. The second-order valence-electron chi connectivity index (χ2n) is 14.9. The van der Waals surface area contributed by atoms with Gasteiger partial charge in [0.25, 0.3) is 0 Å². The minimum Gasteiger partial charge on any atom is -0.461 e. The maximum Gasteiger partial charge on any atom is 0.230 e. The highest BCUT2D eigenvalue weighted by Crippen LogP contribution is 2.38. The van der Waals surface area contributed by atoms with E-state index in [1.54, 1.807) is 4.52 Å². The predicted molar refractivity (Wildman–Crippen MR) is 178 cm³/mol. The number of fused-ring (bicyclic) bond motifs is 1. The standard InChI is InChI=1S/C33H52Cl2N6O3/c1-23(19-31(3,4)5)13-14-33(24(2)20-32(6,7)8,44-22-40-15-17-42-18-16-40)36-21-43-30-27(35)29-38-37-28(41(29)39-30)25-9-11-26(34)12-10-25/h9-12,23-24,36,39H,13-22H2,1-8H3. The average Bonchev–Trinajstić information content (AvgIpc) is 3.49. The molecule has 3 heterocycles. The van der Waals surface area contributed by atoms with E-state index in [1.165, 1.54) is 0 Å². The van der Waals surface area contributed by atoms with E-state index >= 15 is 0 Å². The number of rotatable bonds is 14. The number of aromatic amines is 1. The first-order valence-corrected chi connectivity index (χ1v) is 16.6. The van der Waals surface area contributed by atoms with Gasteiger partial charge >= 0.3 is 0 Å². The van der Waals surface area contributed by atoms with Crippen molar-refractivity contribution in [3.8, 4) is 17.3 Å². The number of H-pyrrole nitrogens is 1. The fraction of sp³-hybridized carbons (Fsp3) is 0.697. The van der Waals surface area contributed by atoms with Gasteiger partial charge in [0.2, 0.25) is 5.88 Å². The zero-order valence-corrected chi connectivity index (χ0v) is 29.3. The first-order valence-electron chi connectivity index (χ1n) is 15.9. The lowest BCUT2D eigenvalue weighted by Gasteiger charge is -2.44. The van der Waals surface area contributed by atoms with E-state index in [-0.39, 0.29) is 23.5 Å². The third-order valence-corrected chi connectivity index (χ3v) is 8.85. The molecule has 9 nitrogen and oxygen atoms in total. The Kier molecular flexibility index (Phi) is 11.7. The Balaban J connectivity index is 1.56. The Hall–Kier alpha value is -1.88. The number of nitrogens with zero attached hydrogens (tertiary/aromatic N) is 4. The smallest absolute Gasteiger partial charge is 0.230 e. The molecule has 2 aromatic heterocycles. The Morgan fingerprint density at radius 1 is 0.977 bits per heavy atom. The second-order valence-corrected chi connectivity index (χ2v) is 15.7. The first-order chi connectivity index (χ1) is 20.7. The number of hydrogen-bond acceptors (Lipinski definition) is 7. The molecule has 3 atom stereocenters. The van der Waals surface area contributed by atoms with Crippen molar-refractivity contribution < 1.29 is 14.2 Å². The first kappa shape index (κ1) is 35.0. The largest absolute Gasteiger partial charge is 0.461 e. The van der Waals surface area contributed by atoms with Gasteiger partial charge < -0.3 is 14.2 Å². The van der Waals surface area contributed by atoms with Crippen LogP contribution in [0.2, 0.25) is 10.0 Å². The summed E-state index contributed by atoms with van der Waals surface area (Å²) >= 11 is 12.8. The highest BCUT2D eigenvalue weighted by molar-refractivity contribution is 6.34. The third-order valence-electron chi connectivity index (χ3n) is 8.25. The van der Waals surface area contributed by atoms with Crippen molar-refractivity contribution in [1.29, 1.82) is 0 Å². The highest BCUT2D eigenvalue weighted by Gasteiger charge is 2.40. The summed E-state index contributed by atoms with van der Waals surface area (Å²) < 4.78 is 20.6. The molecule has 0 radical (unpaired) electrons. The van der Waals surface area contributed by atoms with Crippen LogP contribution >= 0.6 is 23.2 Å². The number of hydrogen-bond donors (Lipinski definition) is 2. The zero-order chi connectivity index (χ0) is 32.1. The van der Waals surface area contributed by atoms with E-state index in [0.717, 1.165) is 57.6 Å². The molecule has 1 aromatic carbocycles. The maximum absolute atomic E-state index is 6.95. The molecule has 44 heavy (non-hydrogen) atoms. The van der Waals surface area contributed by atoms with Gasteiger partial charge in [-0.05, 0) is 72.6 Å². The van der Waals surface area contributed by atoms with Crippen molar-refractivity contribution >= 4 is 28.8 Å². The van der Waals surface area contributed by atoms with Crippen molar-refractivity contribution in [2.75, 3.05) is 39.8 Å². The topological polar surface area (TPSA) is 88.9 Å². The van der Waals surface area contributed by atoms with Crippen LogP contribution in [0.3, 0.4) is 0 Å². The van der Waals surface area contributed by atoms with Gasteiger partial charge in [0, 0.05) is 23.7 Å². The van der Waals surface area contributed by atoms with E-state index in [2.05, 4.69) is 80.9 Å². The van der Waals surface area contributed by atoms with Gasteiger partial charge in [-0.2, -0.15) is 0 Å². The molecule has 1 aliphatic heterocycles. The summed E-state index contributed by atoms with van der Waals surface area (Å²) in [7, 11) is 0. The molecule has 11 heteroatoms. The van der Waals surface area contributed by atoms with Crippen LogP contribution in [0.1, 0.15) is 81.1 Å². The summed E-state index contributed by atoms with van der Waals surface area (Å²) in [6.07, 6.45) is 4.04. The molecule has 4 rings (SSSR count). The second kappa shape index (κ2) is 14.7. The Morgan fingerprint density at radius 2 is 1.64 bits per heavy atom. The SMILES string of the molecule is CC(CCC(NCOc1[nH]n2c(-c3ccc(Cl)cc3)nnc2c1Cl)(OCN1CCOCC1)C(C)CC(C)(C)C)CC(C)(C)C. The molecule has 1 aliphatic rings. The average molecular weight is 652 g/mol. The molecular weight excluding hydrogens is 599 g/mol. The van der Waals surface area contributed by atoms with Gasteiger partial charge in [0.1, 0.15) is 24.2 Å². The van der Waals surface area contributed by atoms with Crippen molar-refractivity contribution in [3.63, 3.8) is 0 Å². The molecule has 246 valence electrons. The summed E-state index contributed by atoms with van der Waals surface area (Å²) in [5, 5.41) is 16.6. The van der Waals surface area contributed by atoms with Crippen LogP contribution in [0.15, 0.2) is 24.3 Å². The maximum atomic E-state index is 6.95. The summed E-state index contributed by atoms with van der Waals surface area (Å²) in [4.78, 5) is 2.32. The summed E-state index contributed by atoms with van der Waals surface area (Å²) in [6, 6.07) is 7.43. The summed E-state index contributed by atoms with van der Waals surface area (Å²) in [5.41, 5.74) is 1.16.